The van der Waals surface area contributed by atoms with Gasteiger partial charge in [-0.3, -0.25) is 19.1 Å². The van der Waals surface area contributed by atoms with Crippen LogP contribution in [-0.2, 0) is 16.0 Å². The van der Waals surface area contributed by atoms with Crippen LogP contribution in [0.25, 0.3) is 5.65 Å². The Kier molecular flexibility index (Phi) is 12.1. The third-order valence-corrected chi connectivity index (χ3v) is 6.38. The fourth-order valence-corrected chi connectivity index (χ4v) is 4.03. The highest BCUT2D eigenvalue weighted by molar-refractivity contribution is 5.94. The van der Waals surface area contributed by atoms with Crippen LogP contribution in [0.2, 0.25) is 0 Å². The first-order valence-corrected chi connectivity index (χ1v) is 13.4. The zero-order chi connectivity index (χ0) is 34.8. The van der Waals surface area contributed by atoms with Gasteiger partial charge >= 0.3 is 24.3 Å². The number of likely N-dealkylation sites (N-methyl/N-ethyl adjacent to an activating group) is 1. The van der Waals surface area contributed by atoms with Crippen LogP contribution in [0.1, 0.15) is 27.8 Å². The molecular formula is C27H27F6N9O5. The Labute approximate surface area is 261 Å². The lowest BCUT2D eigenvalue weighted by Crippen LogP contribution is -2.47. The Bertz CT molecular complexity index is 1620. The first-order valence-electron chi connectivity index (χ1n) is 13.4. The number of nitrogens with zero attached hydrogens (tertiary/aromatic N) is 8. The highest BCUT2D eigenvalue weighted by Crippen LogP contribution is 2.25. The second-order valence-electron chi connectivity index (χ2n) is 9.67. The molecule has 20 heteroatoms. The number of pyridine rings is 2. The molecule has 1 fully saturated rings. The van der Waals surface area contributed by atoms with Crippen molar-refractivity contribution in [2.24, 2.45) is 0 Å². The van der Waals surface area contributed by atoms with Gasteiger partial charge in [0.05, 0.1) is 11.6 Å². The molecule has 1 saturated heterocycles. The van der Waals surface area contributed by atoms with Crippen molar-refractivity contribution in [1.29, 1.82) is 0 Å². The van der Waals surface area contributed by atoms with Gasteiger partial charge < -0.3 is 20.4 Å². The molecule has 0 aliphatic carbocycles. The number of amides is 1. The minimum absolute atomic E-state index is 0.0125. The largest absolute Gasteiger partial charge is 0.490 e. The zero-order valence-corrected chi connectivity index (χ0v) is 24.4. The van der Waals surface area contributed by atoms with E-state index in [0.29, 0.717) is 30.2 Å². The Morgan fingerprint density at radius 3 is 2.13 bits per heavy atom. The van der Waals surface area contributed by atoms with E-state index in [0.717, 1.165) is 30.9 Å². The molecular weight excluding hydrogens is 644 g/mol. The second-order valence-corrected chi connectivity index (χ2v) is 9.67. The van der Waals surface area contributed by atoms with E-state index in [4.69, 9.17) is 19.8 Å². The smallest absolute Gasteiger partial charge is 0.475 e. The average molecular weight is 672 g/mol. The summed E-state index contributed by atoms with van der Waals surface area (Å²) in [6.45, 7) is 2.89. The summed E-state index contributed by atoms with van der Waals surface area (Å²) in [5.74, 6) is -4.15. The lowest BCUT2D eigenvalue weighted by molar-refractivity contribution is -0.193. The number of carbonyl (C=O) groups excluding carboxylic acids is 1. The number of hydrogen-bond donors (Lipinski definition) is 3. The molecule has 5 heterocycles. The van der Waals surface area contributed by atoms with E-state index in [9.17, 15) is 31.1 Å². The maximum Gasteiger partial charge on any atom is 0.490 e. The van der Waals surface area contributed by atoms with Gasteiger partial charge in [0.2, 0.25) is 5.95 Å². The second kappa shape index (κ2) is 15.7. The molecule has 3 N–H and O–H groups in total. The highest BCUT2D eigenvalue weighted by Gasteiger charge is 2.39. The molecule has 1 unspecified atom stereocenters. The van der Waals surface area contributed by atoms with Crippen molar-refractivity contribution in [2.75, 3.05) is 38.1 Å². The molecule has 1 aliphatic heterocycles. The van der Waals surface area contributed by atoms with Crippen molar-refractivity contribution < 1.29 is 50.9 Å². The number of carboxylic acid groups (broad SMARTS) is 2. The number of aromatic nitrogens is 6. The van der Waals surface area contributed by atoms with Crippen molar-refractivity contribution in [3.05, 3.63) is 78.3 Å². The van der Waals surface area contributed by atoms with Crippen LogP contribution in [0.4, 0.5) is 32.3 Å². The zero-order valence-electron chi connectivity index (χ0n) is 24.4. The van der Waals surface area contributed by atoms with E-state index in [2.05, 4.69) is 47.3 Å². The standard InChI is InChI=1S/C23H25N9O.2C2HF3O2/c1-30-12-13-31(23-26-9-3-10-27-23)16-19(30)21-29-28-20-6-5-18(15-32(20)21)22(33)25-11-7-17-4-2-8-24-14-17;2*3-2(4,5)1(6)7/h2-6,8-10,14-15,19H,7,11-13,16H2,1H3,(H,25,33);2*(H,6,7). The molecule has 252 valence electrons. The predicted octanol–water partition coefficient (Wildman–Crippen LogP) is 2.65. The van der Waals surface area contributed by atoms with E-state index in [1.807, 2.05) is 41.1 Å². The lowest BCUT2D eigenvalue weighted by Gasteiger charge is -2.38. The number of halogens is 6. The van der Waals surface area contributed by atoms with E-state index < -0.39 is 24.3 Å². The summed E-state index contributed by atoms with van der Waals surface area (Å²) in [7, 11) is 2.07. The third kappa shape index (κ3) is 10.6. The van der Waals surface area contributed by atoms with Crippen LogP contribution in [0.15, 0.2) is 61.3 Å². The number of fused-ring (bicyclic) bond motifs is 1. The van der Waals surface area contributed by atoms with Crippen molar-refractivity contribution in [3.8, 4) is 0 Å². The van der Waals surface area contributed by atoms with Crippen molar-refractivity contribution in [1.82, 2.24) is 39.8 Å². The summed E-state index contributed by atoms with van der Waals surface area (Å²) in [5.41, 5.74) is 2.36. The fourth-order valence-electron chi connectivity index (χ4n) is 4.03. The van der Waals surface area contributed by atoms with E-state index >= 15 is 0 Å². The SMILES string of the molecule is CN1CCN(c2ncccn2)CC1c1nnc2ccc(C(=O)NCCc3cccnc3)cn12.O=C(O)C(F)(F)F.O=C(O)C(F)(F)F. The van der Waals surface area contributed by atoms with Crippen LogP contribution < -0.4 is 10.2 Å². The topological polar surface area (TPSA) is 179 Å². The van der Waals surface area contributed by atoms with Gasteiger partial charge in [-0.15, -0.1) is 10.2 Å². The number of carbonyl (C=O) groups is 3. The molecule has 0 aromatic carbocycles. The van der Waals surface area contributed by atoms with Crippen LogP contribution in [0.3, 0.4) is 0 Å². The van der Waals surface area contributed by atoms with Crippen molar-refractivity contribution in [3.63, 3.8) is 0 Å². The van der Waals surface area contributed by atoms with Crippen LogP contribution >= 0.6 is 0 Å². The summed E-state index contributed by atoms with van der Waals surface area (Å²) in [4.78, 5) is 47.9. The molecule has 0 saturated carbocycles. The molecule has 1 atom stereocenters. The number of rotatable bonds is 6. The van der Waals surface area contributed by atoms with Gasteiger partial charge in [0.25, 0.3) is 5.91 Å². The molecule has 0 radical (unpaired) electrons. The van der Waals surface area contributed by atoms with E-state index in [1.54, 1.807) is 24.7 Å². The minimum atomic E-state index is -5.08. The molecule has 1 aliphatic rings. The number of piperazine rings is 1. The predicted molar refractivity (Wildman–Crippen MR) is 150 cm³/mol. The van der Waals surface area contributed by atoms with Gasteiger partial charge in [-0.25, -0.2) is 19.6 Å². The summed E-state index contributed by atoms with van der Waals surface area (Å²) >= 11 is 0. The minimum Gasteiger partial charge on any atom is -0.475 e. The number of carboxylic acids is 2. The average Bonchev–Trinajstić information content (AvgIpc) is 3.45. The first-order chi connectivity index (χ1) is 22.1. The number of alkyl halides is 6. The number of nitrogens with one attached hydrogen (secondary N) is 1. The van der Waals surface area contributed by atoms with Gasteiger partial charge in [-0.2, -0.15) is 26.3 Å². The molecule has 4 aromatic heterocycles. The summed E-state index contributed by atoms with van der Waals surface area (Å²) in [6, 6.07) is 9.30. The Balaban J connectivity index is 0.000000360. The van der Waals surface area contributed by atoms with E-state index in [-0.39, 0.29) is 11.9 Å². The van der Waals surface area contributed by atoms with Crippen LogP contribution in [-0.4, -0.2) is 108 Å². The third-order valence-electron chi connectivity index (χ3n) is 6.38. The quantitative estimate of drug-likeness (QED) is 0.256. The lowest BCUT2D eigenvalue weighted by atomic mass is 10.1. The normalized spacial score (nSPS) is 15.1. The maximum atomic E-state index is 12.8. The summed E-state index contributed by atoms with van der Waals surface area (Å²) in [6.07, 6.45) is -0.571. The van der Waals surface area contributed by atoms with Gasteiger partial charge in [-0.05, 0) is 43.3 Å². The molecule has 1 amide bonds. The monoisotopic (exact) mass is 671 g/mol. The molecule has 4 aromatic rings. The Morgan fingerprint density at radius 2 is 1.55 bits per heavy atom. The Morgan fingerprint density at radius 1 is 0.915 bits per heavy atom. The summed E-state index contributed by atoms with van der Waals surface area (Å²) < 4.78 is 65.4. The maximum absolute atomic E-state index is 12.8. The highest BCUT2D eigenvalue weighted by atomic mass is 19.4. The number of aliphatic carboxylic acids is 2. The van der Waals surface area contributed by atoms with Crippen LogP contribution in [0, 0.1) is 0 Å². The van der Waals surface area contributed by atoms with Gasteiger partial charge in [-0.1, -0.05) is 6.07 Å². The molecule has 47 heavy (non-hydrogen) atoms. The van der Waals surface area contributed by atoms with Gasteiger partial charge in [0, 0.05) is 57.2 Å². The van der Waals surface area contributed by atoms with E-state index in [1.165, 1.54) is 0 Å². The molecule has 14 nitrogen and oxygen atoms in total. The Hall–Kier alpha value is -5.40. The molecule has 5 rings (SSSR count). The van der Waals surface area contributed by atoms with Gasteiger partial charge in [0.1, 0.15) is 0 Å². The summed E-state index contributed by atoms with van der Waals surface area (Å²) in [5, 5.41) is 26.0. The molecule has 0 spiro atoms. The first kappa shape index (κ1) is 36.1. The van der Waals surface area contributed by atoms with Gasteiger partial charge in [0.15, 0.2) is 11.5 Å². The van der Waals surface area contributed by atoms with Crippen molar-refractivity contribution in [2.45, 2.75) is 24.8 Å². The number of anilines is 1. The number of hydrogen-bond acceptors (Lipinski definition) is 10. The van der Waals surface area contributed by atoms with Crippen molar-refractivity contribution >= 4 is 29.4 Å². The fraction of sp³-hybridized carbons (Fsp3) is 0.333. The van der Waals surface area contributed by atoms with Crippen LogP contribution in [0.5, 0.6) is 0 Å². The molecule has 0 bridgehead atoms.